The van der Waals surface area contributed by atoms with Crippen LogP contribution in [0.25, 0.3) is 0 Å². The van der Waals surface area contributed by atoms with Crippen molar-refractivity contribution in [1.82, 2.24) is 0 Å². The van der Waals surface area contributed by atoms with E-state index in [9.17, 15) is 4.79 Å². The van der Waals surface area contributed by atoms with Crippen LogP contribution in [0.2, 0.25) is 0 Å². The van der Waals surface area contributed by atoms with E-state index in [1.54, 1.807) is 0 Å². The molecule has 1 saturated heterocycles. The molecule has 74 valence electrons. The Labute approximate surface area is 83.3 Å². The Morgan fingerprint density at radius 2 is 2.21 bits per heavy atom. The summed E-state index contributed by atoms with van der Waals surface area (Å²) in [5.74, 6) is -0.114. The van der Waals surface area contributed by atoms with E-state index < -0.39 is 0 Å². The van der Waals surface area contributed by atoms with E-state index in [2.05, 4.69) is 0 Å². The molecule has 0 N–H and O–H groups in total. The largest absolute Gasteiger partial charge is 0.464 e. The van der Waals surface area contributed by atoms with Gasteiger partial charge in [0.25, 0.3) is 0 Å². The fourth-order valence-corrected chi connectivity index (χ4v) is 1.48. The van der Waals surface area contributed by atoms with Crippen LogP contribution in [0.1, 0.15) is 6.92 Å². The molecule has 1 aliphatic rings. The molecule has 0 amide bonds. The first-order valence-corrected chi connectivity index (χ1v) is 4.81. The van der Waals surface area contributed by atoms with Crippen LogP contribution in [0, 0.1) is 0 Å². The fourth-order valence-electron chi connectivity index (χ4n) is 1.48. The number of benzene rings is 1. The minimum absolute atomic E-state index is 0.0580. The minimum atomic E-state index is -0.114. The molecular formula is C11H13NO2. The van der Waals surface area contributed by atoms with E-state index in [-0.39, 0.29) is 12.0 Å². The number of para-hydroxylation sites is 1. The maximum absolute atomic E-state index is 11.3. The lowest BCUT2D eigenvalue weighted by Gasteiger charge is -2.04. The molecule has 1 heterocycles. The lowest BCUT2D eigenvalue weighted by molar-refractivity contribution is -0.142. The molecule has 1 unspecified atom stereocenters. The number of anilines is 1. The highest BCUT2D eigenvalue weighted by molar-refractivity contribution is 5.86. The highest BCUT2D eigenvalue weighted by Gasteiger charge is 2.41. The average molecular weight is 191 g/mol. The van der Waals surface area contributed by atoms with Crippen molar-refractivity contribution in [3.8, 4) is 0 Å². The number of esters is 1. The Balaban J connectivity index is 1.96. The van der Waals surface area contributed by atoms with Crippen molar-refractivity contribution in [2.75, 3.05) is 18.1 Å². The summed E-state index contributed by atoms with van der Waals surface area (Å²) in [6.07, 6.45) is 0. The van der Waals surface area contributed by atoms with Gasteiger partial charge in [-0.2, -0.15) is 0 Å². The van der Waals surface area contributed by atoms with Crippen molar-refractivity contribution in [3.05, 3.63) is 30.3 Å². The van der Waals surface area contributed by atoms with Gasteiger partial charge in [-0.1, -0.05) is 18.2 Å². The lowest BCUT2D eigenvalue weighted by atomic mass is 10.3. The van der Waals surface area contributed by atoms with Crippen molar-refractivity contribution in [2.45, 2.75) is 13.0 Å². The van der Waals surface area contributed by atoms with Gasteiger partial charge in [-0.15, -0.1) is 0 Å². The van der Waals surface area contributed by atoms with Crippen LogP contribution >= 0.6 is 0 Å². The van der Waals surface area contributed by atoms with Crippen molar-refractivity contribution >= 4 is 11.7 Å². The van der Waals surface area contributed by atoms with Gasteiger partial charge < -0.3 is 9.64 Å². The second-order valence-electron chi connectivity index (χ2n) is 3.26. The average Bonchev–Trinajstić information content (AvgIpc) is 2.99. The molecule has 0 radical (unpaired) electrons. The van der Waals surface area contributed by atoms with Crippen molar-refractivity contribution in [1.29, 1.82) is 0 Å². The van der Waals surface area contributed by atoms with Crippen LogP contribution < -0.4 is 4.90 Å². The normalized spacial score (nSPS) is 19.2. The number of hydrogen-bond donors (Lipinski definition) is 0. The fraction of sp³-hybridized carbons (Fsp3) is 0.364. The van der Waals surface area contributed by atoms with Crippen LogP contribution in [-0.2, 0) is 9.53 Å². The molecule has 3 heteroatoms. The molecule has 1 aromatic rings. The standard InChI is InChI=1S/C11H13NO2/c1-2-14-11(13)10-8-12(10)9-6-4-3-5-7-9/h3-7,10H,2,8H2,1H3. The van der Waals surface area contributed by atoms with E-state index in [1.807, 2.05) is 42.2 Å². The summed E-state index contributed by atoms with van der Waals surface area (Å²) in [5.41, 5.74) is 1.09. The van der Waals surface area contributed by atoms with E-state index >= 15 is 0 Å². The van der Waals surface area contributed by atoms with Crippen molar-refractivity contribution < 1.29 is 9.53 Å². The maximum atomic E-state index is 11.3. The first-order valence-electron chi connectivity index (χ1n) is 4.81. The van der Waals surface area contributed by atoms with Crippen LogP contribution in [-0.4, -0.2) is 25.2 Å². The molecular weight excluding hydrogens is 178 g/mol. The van der Waals surface area contributed by atoms with Crippen LogP contribution in [0.4, 0.5) is 5.69 Å². The Morgan fingerprint density at radius 1 is 1.50 bits per heavy atom. The second-order valence-corrected chi connectivity index (χ2v) is 3.26. The molecule has 2 rings (SSSR count). The quantitative estimate of drug-likeness (QED) is 0.534. The van der Waals surface area contributed by atoms with Gasteiger partial charge in [-0.3, -0.25) is 0 Å². The third-order valence-electron chi connectivity index (χ3n) is 2.26. The van der Waals surface area contributed by atoms with Gasteiger partial charge in [0.1, 0.15) is 6.04 Å². The van der Waals surface area contributed by atoms with Gasteiger partial charge in [0, 0.05) is 5.69 Å². The van der Waals surface area contributed by atoms with Gasteiger partial charge in [-0.05, 0) is 19.1 Å². The Hall–Kier alpha value is -1.51. The zero-order chi connectivity index (χ0) is 9.97. The number of carbonyl (C=O) groups is 1. The molecule has 0 aromatic heterocycles. The predicted octanol–water partition coefficient (Wildman–Crippen LogP) is 1.44. The van der Waals surface area contributed by atoms with Crippen LogP contribution in [0.15, 0.2) is 30.3 Å². The third-order valence-corrected chi connectivity index (χ3v) is 2.26. The predicted molar refractivity (Wildman–Crippen MR) is 54.2 cm³/mol. The number of carbonyl (C=O) groups excluding carboxylic acids is 1. The van der Waals surface area contributed by atoms with Gasteiger partial charge in [0.15, 0.2) is 0 Å². The van der Waals surface area contributed by atoms with Gasteiger partial charge >= 0.3 is 5.97 Å². The second kappa shape index (κ2) is 3.70. The Kier molecular flexibility index (Phi) is 2.39. The summed E-state index contributed by atoms with van der Waals surface area (Å²) in [4.78, 5) is 13.4. The smallest absolute Gasteiger partial charge is 0.330 e. The summed E-state index contributed by atoms with van der Waals surface area (Å²) in [6.45, 7) is 3.06. The molecule has 0 aliphatic carbocycles. The zero-order valence-corrected chi connectivity index (χ0v) is 8.14. The van der Waals surface area contributed by atoms with Crippen LogP contribution in [0.5, 0.6) is 0 Å². The molecule has 1 atom stereocenters. The Bertz CT molecular complexity index is 323. The van der Waals surface area contributed by atoms with Crippen molar-refractivity contribution in [2.24, 2.45) is 0 Å². The van der Waals surface area contributed by atoms with E-state index in [0.717, 1.165) is 12.2 Å². The highest BCUT2D eigenvalue weighted by Crippen LogP contribution is 2.27. The molecule has 1 aliphatic heterocycles. The van der Waals surface area contributed by atoms with E-state index in [1.165, 1.54) is 0 Å². The summed E-state index contributed by atoms with van der Waals surface area (Å²) in [7, 11) is 0. The van der Waals surface area contributed by atoms with Crippen LogP contribution in [0.3, 0.4) is 0 Å². The minimum Gasteiger partial charge on any atom is -0.464 e. The monoisotopic (exact) mass is 191 g/mol. The Morgan fingerprint density at radius 3 is 2.86 bits per heavy atom. The van der Waals surface area contributed by atoms with E-state index in [0.29, 0.717) is 6.61 Å². The number of ether oxygens (including phenoxy) is 1. The third kappa shape index (κ3) is 1.71. The molecule has 0 spiro atoms. The lowest BCUT2D eigenvalue weighted by Crippen LogP contribution is -2.15. The summed E-state index contributed by atoms with van der Waals surface area (Å²) in [6, 6.07) is 9.84. The first kappa shape index (κ1) is 9.06. The van der Waals surface area contributed by atoms with Crippen molar-refractivity contribution in [3.63, 3.8) is 0 Å². The van der Waals surface area contributed by atoms with Gasteiger partial charge in [-0.25, -0.2) is 4.79 Å². The topological polar surface area (TPSA) is 29.3 Å². The summed E-state index contributed by atoms with van der Waals surface area (Å²) in [5, 5.41) is 0. The van der Waals surface area contributed by atoms with Gasteiger partial charge in [0.2, 0.25) is 0 Å². The molecule has 1 fully saturated rings. The molecule has 0 saturated carbocycles. The number of hydrogen-bond acceptors (Lipinski definition) is 3. The maximum Gasteiger partial charge on any atom is 0.330 e. The number of nitrogens with zero attached hydrogens (tertiary/aromatic N) is 1. The molecule has 1 aromatic carbocycles. The summed E-state index contributed by atoms with van der Waals surface area (Å²) >= 11 is 0. The van der Waals surface area contributed by atoms with Gasteiger partial charge in [0.05, 0.1) is 13.2 Å². The highest BCUT2D eigenvalue weighted by atomic mass is 16.5. The summed E-state index contributed by atoms with van der Waals surface area (Å²) < 4.78 is 4.94. The number of rotatable bonds is 3. The molecule has 14 heavy (non-hydrogen) atoms. The SMILES string of the molecule is CCOC(=O)C1CN1c1ccccc1. The zero-order valence-electron chi connectivity index (χ0n) is 8.14. The molecule has 0 bridgehead atoms. The first-order chi connectivity index (χ1) is 6.83. The molecule has 3 nitrogen and oxygen atoms in total. The van der Waals surface area contributed by atoms with E-state index in [4.69, 9.17) is 4.74 Å².